The maximum atomic E-state index is 7.93. The number of nitrogens with one attached hydrogen (secondary N) is 1. The van der Waals surface area contributed by atoms with Crippen molar-refractivity contribution in [3.05, 3.63) is 28.1 Å². The average molecular weight is 189 g/mol. The fourth-order valence-corrected chi connectivity index (χ4v) is 1.88. The van der Waals surface area contributed by atoms with E-state index in [-0.39, 0.29) is 0 Å². The van der Waals surface area contributed by atoms with Crippen molar-refractivity contribution in [2.45, 2.75) is 34.6 Å². The SMILES string of the molecule is [2H]n1c(C)c(C)c2c(C)c(C)c(C)nc21. The van der Waals surface area contributed by atoms with Gasteiger partial charge in [0.15, 0.2) is 1.41 Å². The first-order valence-corrected chi connectivity index (χ1v) is 4.89. The molecule has 0 atom stereocenters. The number of rotatable bonds is 0. The molecule has 0 amide bonds. The number of aromatic amines is 1. The smallest absolute Gasteiger partial charge is 0.168 e. The van der Waals surface area contributed by atoms with Crippen LogP contribution in [0.1, 0.15) is 28.1 Å². The molecule has 0 aromatic carbocycles. The molecule has 0 bridgehead atoms. The first-order chi connectivity index (χ1) is 6.95. The quantitative estimate of drug-likeness (QED) is 0.677. The van der Waals surface area contributed by atoms with E-state index in [2.05, 4.69) is 25.8 Å². The second kappa shape index (κ2) is 2.84. The summed E-state index contributed by atoms with van der Waals surface area (Å²) in [6.45, 7) is 10.2. The van der Waals surface area contributed by atoms with Crippen LogP contribution in [-0.4, -0.2) is 9.96 Å². The number of hydrogen-bond acceptors (Lipinski definition) is 1. The summed E-state index contributed by atoms with van der Waals surface area (Å²) >= 11 is 0. The normalized spacial score (nSPS) is 12.2. The van der Waals surface area contributed by atoms with Gasteiger partial charge in [0, 0.05) is 16.8 Å². The van der Waals surface area contributed by atoms with Crippen molar-refractivity contribution in [3.63, 3.8) is 0 Å². The topological polar surface area (TPSA) is 28.7 Å². The zero-order valence-electron chi connectivity index (χ0n) is 10.4. The van der Waals surface area contributed by atoms with Gasteiger partial charge in [0.05, 0.1) is 0 Å². The van der Waals surface area contributed by atoms with Crippen LogP contribution in [-0.2, 0) is 0 Å². The first kappa shape index (κ1) is 8.04. The van der Waals surface area contributed by atoms with E-state index in [4.69, 9.17) is 1.41 Å². The van der Waals surface area contributed by atoms with Crippen molar-refractivity contribution in [2.24, 2.45) is 0 Å². The third-order valence-electron chi connectivity index (χ3n) is 3.17. The molecule has 2 aromatic heterocycles. The number of nitrogens with zero attached hydrogens (tertiary/aromatic N) is 1. The summed E-state index contributed by atoms with van der Waals surface area (Å²) in [4.78, 5) is 5.93. The lowest BCUT2D eigenvalue weighted by atomic mass is 10.0. The summed E-state index contributed by atoms with van der Waals surface area (Å²) in [6.07, 6.45) is 0. The molecule has 0 fully saturated rings. The van der Waals surface area contributed by atoms with Gasteiger partial charge >= 0.3 is 0 Å². The summed E-state index contributed by atoms with van der Waals surface area (Å²) in [7, 11) is 0. The molecule has 2 rings (SSSR count). The van der Waals surface area contributed by atoms with Gasteiger partial charge in [-0.15, -0.1) is 0 Å². The van der Waals surface area contributed by atoms with Crippen molar-refractivity contribution in [1.29, 1.82) is 0 Å². The minimum Gasteiger partial charge on any atom is -0.343 e. The predicted octanol–water partition coefficient (Wildman–Crippen LogP) is 3.11. The minimum atomic E-state index is 0.783. The van der Waals surface area contributed by atoms with Gasteiger partial charge in [-0.25, -0.2) is 4.98 Å². The number of hydrogen-bond donors (Lipinski definition) is 1. The van der Waals surface area contributed by atoms with E-state index in [1.165, 1.54) is 21.7 Å². The highest BCUT2D eigenvalue weighted by Crippen LogP contribution is 2.26. The molecule has 0 unspecified atom stereocenters. The summed E-state index contributed by atoms with van der Waals surface area (Å²) in [6, 6.07) is 0. The van der Waals surface area contributed by atoms with Crippen LogP contribution < -0.4 is 0 Å². The van der Waals surface area contributed by atoms with Crippen molar-refractivity contribution in [1.82, 2.24) is 9.96 Å². The van der Waals surface area contributed by atoms with Crippen molar-refractivity contribution >= 4 is 11.0 Å². The Morgan fingerprint density at radius 2 is 1.64 bits per heavy atom. The standard InChI is InChI=1S/C12H16N2/c1-6-7(2)11-8(3)10(5)14-12(11)13-9(6)4/h1-5H3,(H,13,14)/i/hD. The van der Waals surface area contributed by atoms with Crippen LogP contribution in [0, 0.1) is 34.6 Å². The Hall–Kier alpha value is -1.31. The fourth-order valence-electron chi connectivity index (χ4n) is 1.88. The highest BCUT2D eigenvalue weighted by molar-refractivity contribution is 5.85. The lowest BCUT2D eigenvalue weighted by Crippen LogP contribution is -1.92. The van der Waals surface area contributed by atoms with Gasteiger partial charge in [0.25, 0.3) is 0 Å². The Labute approximate surface area is 85.8 Å². The third-order valence-corrected chi connectivity index (χ3v) is 3.17. The molecule has 0 spiro atoms. The van der Waals surface area contributed by atoms with Crippen LogP contribution in [0.4, 0.5) is 0 Å². The van der Waals surface area contributed by atoms with Crippen LogP contribution in [0.2, 0.25) is 1.41 Å². The molecule has 0 radical (unpaired) electrons. The second-order valence-electron chi connectivity index (χ2n) is 3.97. The molecule has 14 heavy (non-hydrogen) atoms. The van der Waals surface area contributed by atoms with E-state index >= 15 is 0 Å². The third kappa shape index (κ3) is 1.07. The van der Waals surface area contributed by atoms with Crippen LogP contribution in [0.3, 0.4) is 0 Å². The monoisotopic (exact) mass is 189 g/mol. The van der Waals surface area contributed by atoms with Gasteiger partial charge in [-0.05, 0) is 51.3 Å². The molecule has 0 aliphatic carbocycles. The molecule has 1 N–H and O–H groups in total. The Morgan fingerprint density at radius 1 is 1.00 bits per heavy atom. The molecule has 0 aliphatic heterocycles. The summed E-state index contributed by atoms with van der Waals surface area (Å²) < 4.78 is 7.93. The summed E-state index contributed by atoms with van der Waals surface area (Å²) in [5.74, 6) is 0. The molecule has 2 nitrogen and oxygen atoms in total. The van der Waals surface area contributed by atoms with Crippen LogP contribution in [0.5, 0.6) is 0 Å². The van der Waals surface area contributed by atoms with Crippen molar-refractivity contribution in [3.8, 4) is 0 Å². The zero-order valence-corrected chi connectivity index (χ0v) is 9.39. The molecule has 0 saturated carbocycles. The zero-order chi connectivity index (χ0) is 11.3. The van der Waals surface area contributed by atoms with E-state index in [9.17, 15) is 0 Å². The molecule has 2 aromatic rings. The molecule has 74 valence electrons. The summed E-state index contributed by atoms with van der Waals surface area (Å²) in [5.41, 5.74) is 6.44. The predicted molar refractivity (Wildman–Crippen MR) is 59.8 cm³/mol. The van der Waals surface area contributed by atoms with Gasteiger partial charge in [0.2, 0.25) is 0 Å². The number of H-pyrrole nitrogens is 1. The van der Waals surface area contributed by atoms with Crippen molar-refractivity contribution in [2.75, 3.05) is 0 Å². The first-order valence-electron chi connectivity index (χ1n) is 5.34. The molecular weight excluding hydrogens is 172 g/mol. The molecule has 2 heterocycles. The Morgan fingerprint density at radius 3 is 2.29 bits per heavy atom. The van der Waals surface area contributed by atoms with Gasteiger partial charge < -0.3 is 4.98 Å². The van der Waals surface area contributed by atoms with Crippen LogP contribution in [0.15, 0.2) is 0 Å². The summed E-state index contributed by atoms with van der Waals surface area (Å²) in [5, 5.41) is 1.14. The lowest BCUT2D eigenvalue weighted by molar-refractivity contribution is 1.14. The highest BCUT2D eigenvalue weighted by Gasteiger charge is 2.11. The number of pyridine rings is 1. The van der Waals surface area contributed by atoms with Gasteiger partial charge in [-0.1, -0.05) is 0 Å². The second-order valence-corrected chi connectivity index (χ2v) is 3.97. The van der Waals surface area contributed by atoms with E-state index < -0.39 is 0 Å². The van der Waals surface area contributed by atoms with Crippen molar-refractivity contribution < 1.29 is 1.41 Å². The molecule has 0 saturated heterocycles. The highest BCUT2D eigenvalue weighted by atomic mass is 14.9. The van der Waals surface area contributed by atoms with Gasteiger partial charge in [-0.2, -0.15) is 0 Å². The molecular formula is C12H16N2. The van der Waals surface area contributed by atoms with E-state index in [0.717, 1.165) is 22.4 Å². The number of aryl methyl sites for hydroxylation is 3. The maximum Gasteiger partial charge on any atom is 0.168 e. The van der Waals surface area contributed by atoms with E-state index in [1.807, 2.05) is 13.8 Å². The molecule has 0 aliphatic rings. The Bertz CT molecular complexity index is 553. The van der Waals surface area contributed by atoms with Crippen LogP contribution >= 0.6 is 0 Å². The lowest BCUT2D eigenvalue weighted by Gasteiger charge is -2.05. The number of aromatic nitrogens is 2. The van der Waals surface area contributed by atoms with Gasteiger partial charge in [0.1, 0.15) is 5.65 Å². The average Bonchev–Trinajstić information content (AvgIpc) is 2.40. The largest absolute Gasteiger partial charge is 0.343 e. The minimum absolute atomic E-state index is 0.783. The number of fused-ring (bicyclic) bond motifs is 1. The van der Waals surface area contributed by atoms with E-state index in [0.29, 0.717) is 0 Å². The Kier molecular flexibility index (Phi) is 1.63. The van der Waals surface area contributed by atoms with Crippen LogP contribution in [0.25, 0.3) is 11.0 Å². The Balaban J connectivity index is 3.06. The van der Waals surface area contributed by atoms with Gasteiger partial charge in [-0.3, -0.25) is 0 Å². The van der Waals surface area contributed by atoms with E-state index in [1.54, 1.807) is 0 Å². The molecule has 2 heteroatoms. The maximum absolute atomic E-state index is 7.93. The fraction of sp³-hybridized carbons (Fsp3) is 0.417.